The van der Waals surface area contributed by atoms with Crippen LogP contribution in [0.25, 0.3) is 71.8 Å². The largest absolute Gasteiger partial charge is 0.454 e. The molecule has 0 saturated carbocycles. The van der Waals surface area contributed by atoms with E-state index in [0.717, 1.165) is 44.4 Å². The maximum atomic E-state index is 6.31. The van der Waals surface area contributed by atoms with Crippen LogP contribution in [-0.2, 0) is 0 Å². The molecule has 0 bridgehead atoms. The van der Waals surface area contributed by atoms with Crippen LogP contribution in [0.15, 0.2) is 138 Å². The summed E-state index contributed by atoms with van der Waals surface area (Å²) in [7, 11) is 0. The predicted octanol–water partition coefficient (Wildman–Crippen LogP) is 9.41. The van der Waals surface area contributed by atoms with Crippen LogP contribution in [0.1, 0.15) is 0 Å². The van der Waals surface area contributed by atoms with Gasteiger partial charge in [0.1, 0.15) is 11.1 Å². The van der Waals surface area contributed by atoms with E-state index < -0.39 is 0 Å². The molecule has 0 N–H and O–H groups in total. The molecule has 3 heterocycles. The second-order valence-electron chi connectivity index (χ2n) is 9.60. The molecule has 0 aliphatic heterocycles. The summed E-state index contributed by atoms with van der Waals surface area (Å²) in [5.74, 6) is 0. The molecule has 178 valence electrons. The van der Waals surface area contributed by atoms with Gasteiger partial charge in [0, 0.05) is 33.6 Å². The highest BCUT2D eigenvalue weighted by molar-refractivity contribution is 6.10. The molecule has 38 heavy (non-hydrogen) atoms. The Balaban J connectivity index is 1.29. The fourth-order valence-electron chi connectivity index (χ4n) is 5.79. The smallest absolute Gasteiger partial charge is 0.153 e. The van der Waals surface area contributed by atoms with Gasteiger partial charge in [-0.1, -0.05) is 84.9 Å². The van der Waals surface area contributed by atoms with Gasteiger partial charge in [0.2, 0.25) is 0 Å². The molecule has 8 rings (SSSR count). The van der Waals surface area contributed by atoms with Crippen LogP contribution in [0.5, 0.6) is 0 Å². The molecule has 3 nitrogen and oxygen atoms in total. The summed E-state index contributed by atoms with van der Waals surface area (Å²) in [5, 5.41) is 3.58. The Bertz CT molecular complexity index is 2080. The second kappa shape index (κ2) is 8.19. The van der Waals surface area contributed by atoms with E-state index >= 15 is 0 Å². The molecular formula is C35H22N2O. The molecule has 0 fully saturated rings. The molecule has 5 aromatic carbocycles. The molecule has 0 amide bonds. The number of hydrogen-bond donors (Lipinski definition) is 0. The van der Waals surface area contributed by atoms with Crippen LogP contribution in [0.2, 0.25) is 0 Å². The van der Waals surface area contributed by atoms with Crippen LogP contribution < -0.4 is 0 Å². The van der Waals surface area contributed by atoms with Crippen molar-refractivity contribution in [3.05, 3.63) is 134 Å². The zero-order valence-electron chi connectivity index (χ0n) is 20.5. The van der Waals surface area contributed by atoms with Crippen molar-refractivity contribution in [1.82, 2.24) is 9.55 Å². The molecule has 0 spiro atoms. The number of furan rings is 1. The van der Waals surface area contributed by atoms with Gasteiger partial charge in [-0.25, -0.2) is 0 Å². The number of aromatic nitrogens is 2. The van der Waals surface area contributed by atoms with E-state index in [1.807, 2.05) is 18.3 Å². The van der Waals surface area contributed by atoms with E-state index in [4.69, 9.17) is 4.42 Å². The SMILES string of the molecule is c1ccc(-c2cccc3c2oc2cccnc23)c(-c2ccc(-n3c4ccccc4c4ccccc43)cc2)c1. The quantitative estimate of drug-likeness (QED) is 0.249. The third kappa shape index (κ3) is 3.06. The first-order valence-corrected chi connectivity index (χ1v) is 12.8. The Morgan fingerprint density at radius 3 is 1.89 bits per heavy atom. The lowest BCUT2D eigenvalue weighted by Gasteiger charge is -2.13. The molecule has 0 aliphatic rings. The molecular weight excluding hydrogens is 464 g/mol. The summed E-state index contributed by atoms with van der Waals surface area (Å²) < 4.78 is 8.66. The van der Waals surface area contributed by atoms with Crippen molar-refractivity contribution >= 4 is 43.9 Å². The third-order valence-corrected chi connectivity index (χ3v) is 7.49. The maximum Gasteiger partial charge on any atom is 0.153 e. The van der Waals surface area contributed by atoms with Gasteiger partial charge >= 0.3 is 0 Å². The highest BCUT2D eigenvalue weighted by Crippen LogP contribution is 2.39. The van der Waals surface area contributed by atoms with Gasteiger partial charge in [0.05, 0.1) is 11.0 Å². The average molecular weight is 487 g/mol. The summed E-state index contributed by atoms with van der Waals surface area (Å²) in [6, 6.07) is 44.8. The summed E-state index contributed by atoms with van der Waals surface area (Å²) in [4.78, 5) is 4.57. The average Bonchev–Trinajstić information content (AvgIpc) is 3.53. The Morgan fingerprint density at radius 1 is 0.500 bits per heavy atom. The van der Waals surface area contributed by atoms with Crippen LogP contribution in [0.3, 0.4) is 0 Å². The number of rotatable bonds is 3. The van der Waals surface area contributed by atoms with Crippen molar-refractivity contribution in [3.63, 3.8) is 0 Å². The number of nitrogens with zero attached hydrogens (tertiary/aromatic N) is 2. The zero-order chi connectivity index (χ0) is 25.1. The van der Waals surface area contributed by atoms with Gasteiger partial charge in [-0.3, -0.25) is 4.98 Å². The standard InChI is InChI=1S/C35H22N2O/c1-2-10-26(29-13-7-14-30-34-33(38-35(29)30)17-8-22-36-34)25(9-1)23-18-20-24(21-19-23)37-31-15-5-3-11-27(31)28-12-4-6-16-32(28)37/h1-22H. The summed E-state index contributed by atoms with van der Waals surface area (Å²) in [5.41, 5.74) is 10.7. The lowest BCUT2D eigenvalue weighted by Crippen LogP contribution is -1.94. The van der Waals surface area contributed by atoms with Gasteiger partial charge in [-0.05, 0) is 59.2 Å². The fourth-order valence-corrected chi connectivity index (χ4v) is 5.79. The highest BCUT2D eigenvalue weighted by Gasteiger charge is 2.16. The van der Waals surface area contributed by atoms with Gasteiger partial charge in [0.15, 0.2) is 5.58 Å². The molecule has 8 aromatic rings. The zero-order valence-corrected chi connectivity index (χ0v) is 20.5. The normalized spacial score (nSPS) is 11.7. The number of benzene rings is 5. The first-order chi connectivity index (χ1) is 18.9. The first kappa shape index (κ1) is 21.0. The number of para-hydroxylation sites is 3. The van der Waals surface area contributed by atoms with Gasteiger partial charge in [-0.2, -0.15) is 0 Å². The van der Waals surface area contributed by atoms with E-state index in [0.29, 0.717) is 0 Å². The van der Waals surface area contributed by atoms with E-state index in [-0.39, 0.29) is 0 Å². The maximum absolute atomic E-state index is 6.31. The van der Waals surface area contributed by atoms with Crippen molar-refractivity contribution < 1.29 is 4.42 Å². The Kier molecular flexibility index (Phi) is 4.52. The highest BCUT2D eigenvalue weighted by atomic mass is 16.3. The fraction of sp³-hybridized carbons (Fsp3) is 0. The first-order valence-electron chi connectivity index (χ1n) is 12.8. The van der Waals surface area contributed by atoms with E-state index in [9.17, 15) is 0 Å². The second-order valence-corrected chi connectivity index (χ2v) is 9.60. The predicted molar refractivity (Wildman–Crippen MR) is 157 cm³/mol. The molecule has 0 saturated heterocycles. The molecule has 0 radical (unpaired) electrons. The Hall–Kier alpha value is -5.15. The molecule has 0 unspecified atom stereocenters. The van der Waals surface area contributed by atoms with Gasteiger partial charge in [-0.15, -0.1) is 0 Å². The molecule has 0 atom stereocenters. The van der Waals surface area contributed by atoms with Crippen LogP contribution in [0, 0.1) is 0 Å². The van der Waals surface area contributed by atoms with E-state index in [2.05, 4.69) is 125 Å². The van der Waals surface area contributed by atoms with Crippen molar-refractivity contribution in [2.45, 2.75) is 0 Å². The van der Waals surface area contributed by atoms with Crippen molar-refractivity contribution in [2.24, 2.45) is 0 Å². The molecule has 0 aliphatic carbocycles. The number of fused-ring (bicyclic) bond motifs is 6. The third-order valence-electron chi connectivity index (χ3n) is 7.49. The van der Waals surface area contributed by atoms with E-state index in [1.165, 1.54) is 27.4 Å². The topological polar surface area (TPSA) is 31.0 Å². The summed E-state index contributed by atoms with van der Waals surface area (Å²) in [6.45, 7) is 0. The van der Waals surface area contributed by atoms with Gasteiger partial charge < -0.3 is 8.98 Å². The summed E-state index contributed by atoms with van der Waals surface area (Å²) in [6.07, 6.45) is 1.82. The molecule has 3 aromatic heterocycles. The monoisotopic (exact) mass is 486 g/mol. The van der Waals surface area contributed by atoms with E-state index in [1.54, 1.807) is 0 Å². The van der Waals surface area contributed by atoms with Crippen LogP contribution in [0.4, 0.5) is 0 Å². The van der Waals surface area contributed by atoms with Gasteiger partial charge in [0.25, 0.3) is 0 Å². The number of hydrogen-bond acceptors (Lipinski definition) is 2. The minimum atomic E-state index is 0.808. The van der Waals surface area contributed by atoms with Crippen LogP contribution >= 0.6 is 0 Å². The lowest BCUT2D eigenvalue weighted by atomic mass is 9.93. The van der Waals surface area contributed by atoms with Crippen molar-refractivity contribution in [2.75, 3.05) is 0 Å². The molecule has 3 heteroatoms. The summed E-state index contributed by atoms with van der Waals surface area (Å²) >= 11 is 0. The van der Waals surface area contributed by atoms with Crippen molar-refractivity contribution in [1.29, 1.82) is 0 Å². The number of pyridine rings is 1. The van der Waals surface area contributed by atoms with Crippen molar-refractivity contribution in [3.8, 4) is 27.9 Å². The Morgan fingerprint density at radius 2 is 1.13 bits per heavy atom. The Labute approximate surface area is 219 Å². The van der Waals surface area contributed by atoms with Crippen LogP contribution in [-0.4, -0.2) is 9.55 Å². The minimum absolute atomic E-state index is 0.808. The minimum Gasteiger partial charge on any atom is -0.454 e. The lowest BCUT2D eigenvalue weighted by molar-refractivity contribution is 0.669.